The molecule has 3 atom stereocenters. The second-order valence-corrected chi connectivity index (χ2v) is 7.20. The normalized spacial score (nSPS) is 26.0. The molecule has 8 nitrogen and oxygen atoms in total. The molecule has 2 aliphatic rings. The Morgan fingerprint density at radius 3 is 2.75 bits per heavy atom. The van der Waals surface area contributed by atoms with E-state index in [1.54, 1.807) is 25.8 Å². The first kappa shape index (κ1) is 18.2. The molecule has 2 aliphatic heterocycles. The molecule has 0 unspecified atom stereocenters. The molecule has 1 saturated heterocycles. The maximum atomic E-state index is 13.4. The highest BCUT2D eigenvalue weighted by atomic mass is 16.5. The Morgan fingerprint density at radius 1 is 1.32 bits per heavy atom. The molecule has 0 bridgehead atoms. The highest BCUT2D eigenvalue weighted by Crippen LogP contribution is 2.53. The number of anilines is 1. The number of amides is 2. The van der Waals surface area contributed by atoms with Crippen molar-refractivity contribution in [3.8, 4) is 0 Å². The van der Waals surface area contributed by atoms with E-state index in [0.29, 0.717) is 0 Å². The summed E-state index contributed by atoms with van der Waals surface area (Å²) in [6.07, 6.45) is 1.37. The van der Waals surface area contributed by atoms with Gasteiger partial charge < -0.3 is 19.1 Å². The van der Waals surface area contributed by atoms with Gasteiger partial charge in [0, 0.05) is 31.3 Å². The van der Waals surface area contributed by atoms with Crippen molar-refractivity contribution in [1.82, 2.24) is 10.1 Å². The number of nitrogens with zero attached hydrogens (tertiary/aromatic N) is 3. The zero-order chi connectivity index (χ0) is 20.1. The average molecular weight is 383 g/mol. The summed E-state index contributed by atoms with van der Waals surface area (Å²) < 4.78 is 10.3. The fraction of sp³-hybridized carbons (Fsp3) is 0.400. The summed E-state index contributed by atoms with van der Waals surface area (Å²) in [5.74, 6) is -2.29. The largest absolute Gasteiger partial charge is 0.466 e. The Hall–Kier alpha value is -3.16. The number of carbonyl (C=O) groups excluding carboxylic acids is 3. The molecular formula is C20H21N3O5. The molecule has 4 rings (SSSR count). The van der Waals surface area contributed by atoms with Gasteiger partial charge in [0.2, 0.25) is 5.76 Å². The number of fused-ring (bicyclic) bond motifs is 3. The number of ether oxygens (including phenoxy) is 1. The number of carbonyl (C=O) groups is 3. The van der Waals surface area contributed by atoms with E-state index in [4.69, 9.17) is 9.26 Å². The molecule has 28 heavy (non-hydrogen) atoms. The van der Waals surface area contributed by atoms with Gasteiger partial charge >= 0.3 is 5.97 Å². The minimum atomic E-state index is -1.25. The number of para-hydroxylation sites is 1. The molecule has 0 N–H and O–H groups in total. The molecule has 146 valence electrons. The van der Waals surface area contributed by atoms with Gasteiger partial charge in [0.05, 0.1) is 18.7 Å². The summed E-state index contributed by atoms with van der Waals surface area (Å²) in [6.45, 7) is 3.73. The Labute approximate surface area is 162 Å². The fourth-order valence-electron chi connectivity index (χ4n) is 4.54. The first-order chi connectivity index (χ1) is 13.4. The minimum absolute atomic E-state index is 0.0267. The van der Waals surface area contributed by atoms with Crippen LogP contribution in [0.3, 0.4) is 0 Å². The van der Waals surface area contributed by atoms with Crippen molar-refractivity contribution in [2.24, 2.45) is 5.92 Å². The molecule has 0 radical (unpaired) electrons. The van der Waals surface area contributed by atoms with Crippen molar-refractivity contribution in [3.05, 3.63) is 47.9 Å². The molecular weight excluding hydrogens is 362 g/mol. The minimum Gasteiger partial charge on any atom is -0.466 e. The van der Waals surface area contributed by atoms with Gasteiger partial charge in [-0.15, -0.1) is 0 Å². The van der Waals surface area contributed by atoms with Crippen LogP contribution in [0.5, 0.6) is 0 Å². The van der Waals surface area contributed by atoms with Crippen molar-refractivity contribution in [2.75, 3.05) is 25.1 Å². The first-order valence-corrected chi connectivity index (χ1v) is 9.17. The number of rotatable bonds is 3. The predicted octanol–water partition coefficient (Wildman–Crippen LogP) is 1.83. The van der Waals surface area contributed by atoms with E-state index in [2.05, 4.69) is 5.16 Å². The van der Waals surface area contributed by atoms with Crippen LogP contribution in [0, 0.1) is 5.92 Å². The van der Waals surface area contributed by atoms with Crippen molar-refractivity contribution < 1.29 is 23.6 Å². The molecule has 1 aromatic carbocycles. The number of hydrogen-bond donors (Lipinski definition) is 0. The number of aromatic nitrogens is 1. The van der Waals surface area contributed by atoms with Gasteiger partial charge in [-0.1, -0.05) is 23.4 Å². The monoisotopic (exact) mass is 383 g/mol. The van der Waals surface area contributed by atoms with E-state index in [1.807, 2.05) is 24.3 Å². The van der Waals surface area contributed by atoms with E-state index in [-0.39, 0.29) is 24.8 Å². The van der Waals surface area contributed by atoms with Crippen molar-refractivity contribution in [1.29, 1.82) is 0 Å². The van der Waals surface area contributed by atoms with Gasteiger partial charge in [0.15, 0.2) is 0 Å². The number of likely N-dealkylation sites (tertiary alicyclic amines) is 1. The second-order valence-electron chi connectivity index (χ2n) is 7.20. The highest BCUT2D eigenvalue weighted by molar-refractivity contribution is 6.08. The average Bonchev–Trinajstić information content (AvgIpc) is 3.33. The second kappa shape index (κ2) is 6.47. The van der Waals surface area contributed by atoms with Crippen LogP contribution in [0.25, 0.3) is 0 Å². The lowest BCUT2D eigenvalue weighted by Crippen LogP contribution is -2.60. The Morgan fingerprint density at radius 2 is 2.07 bits per heavy atom. The molecule has 3 heterocycles. The standard InChI is InChI=1S/C20H21N3O5/c1-4-27-18(25)13-11-23(17(24)15-9-10-21-28-15)20(2)16(13)12-7-5-6-8-14(12)22(3)19(20)26/h5-10,13,16H,4,11H2,1-3H3/t13-,16+,20-/m0/s1. The van der Waals surface area contributed by atoms with Crippen molar-refractivity contribution in [2.45, 2.75) is 25.3 Å². The molecule has 1 aromatic heterocycles. The van der Waals surface area contributed by atoms with E-state index >= 15 is 0 Å². The Balaban J connectivity index is 1.88. The SMILES string of the molecule is CCOC(=O)[C@H]1CN(C(=O)c2ccno2)[C@]2(C)C(=O)N(C)c3ccccc3[C@H]12. The summed E-state index contributed by atoms with van der Waals surface area (Å²) in [7, 11) is 1.68. The van der Waals surface area contributed by atoms with Gasteiger partial charge in [-0.25, -0.2) is 0 Å². The summed E-state index contributed by atoms with van der Waals surface area (Å²) in [4.78, 5) is 42.3. The van der Waals surface area contributed by atoms with E-state index in [0.717, 1.165) is 11.3 Å². The first-order valence-electron chi connectivity index (χ1n) is 9.17. The van der Waals surface area contributed by atoms with Gasteiger partial charge in [-0.05, 0) is 25.5 Å². The topological polar surface area (TPSA) is 93.0 Å². The highest BCUT2D eigenvalue weighted by Gasteiger charge is 2.63. The third-order valence-corrected chi connectivity index (χ3v) is 5.80. The zero-order valence-corrected chi connectivity index (χ0v) is 15.9. The third kappa shape index (κ3) is 2.37. The molecule has 0 spiro atoms. The lowest BCUT2D eigenvalue weighted by molar-refractivity contribution is -0.148. The maximum Gasteiger partial charge on any atom is 0.311 e. The van der Waals surface area contributed by atoms with Crippen molar-refractivity contribution in [3.63, 3.8) is 0 Å². The van der Waals surface area contributed by atoms with Crippen LogP contribution in [-0.2, 0) is 14.3 Å². The number of hydrogen-bond acceptors (Lipinski definition) is 6. The molecule has 0 aliphatic carbocycles. The predicted molar refractivity (Wildman–Crippen MR) is 98.7 cm³/mol. The van der Waals surface area contributed by atoms with E-state index < -0.39 is 29.3 Å². The van der Waals surface area contributed by atoms with Crippen LogP contribution in [0.15, 0.2) is 41.1 Å². The number of esters is 1. The van der Waals surface area contributed by atoms with Crippen LogP contribution in [0.2, 0.25) is 0 Å². The van der Waals surface area contributed by atoms with E-state index in [9.17, 15) is 14.4 Å². The molecule has 8 heteroatoms. The molecule has 1 fully saturated rings. The van der Waals surface area contributed by atoms with E-state index in [1.165, 1.54) is 17.2 Å². The van der Waals surface area contributed by atoms with Gasteiger partial charge in [0.25, 0.3) is 11.8 Å². The zero-order valence-electron chi connectivity index (χ0n) is 15.9. The maximum absolute atomic E-state index is 13.4. The lowest BCUT2D eigenvalue weighted by Gasteiger charge is -2.45. The molecule has 2 amide bonds. The summed E-state index contributed by atoms with van der Waals surface area (Å²) in [6, 6.07) is 8.90. The number of benzene rings is 1. The molecule has 0 saturated carbocycles. The number of likely N-dealkylation sites (N-methyl/N-ethyl adjacent to an activating group) is 1. The van der Waals surface area contributed by atoms with Crippen LogP contribution in [-0.4, -0.2) is 53.6 Å². The van der Waals surface area contributed by atoms with Crippen molar-refractivity contribution >= 4 is 23.5 Å². The summed E-state index contributed by atoms with van der Waals surface area (Å²) >= 11 is 0. The van der Waals surface area contributed by atoms with Gasteiger partial charge in [-0.3, -0.25) is 14.4 Å². The lowest BCUT2D eigenvalue weighted by atomic mass is 9.72. The van der Waals surface area contributed by atoms with Crippen LogP contribution in [0.4, 0.5) is 5.69 Å². The summed E-state index contributed by atoms with van der Waals surface area (Å²) in [5.41, 5.74) is 0.334. The smallest absolute Gasteiger partial charge is 0.311 e. The quantitative estimate of drug-likeness (QED) is 0.751. The van der Waals surface area contributed by atoms with Crippen LogP contribution in [0.1, 0.15) is 35.9 Å². The third-order valence-electron chi connectivity index (χ3n) is 5.80. The fourth-order valence-corrected chi connectivity index (χ4v) is 4.54. The van der Waals surface area contributed by atoms with Crippen LogP contribution >= 0.6 is 0 Å². The van der Waals surface area contributed by atoms with Gasteiger partial charge in [-0.2, -0.15) is 0 Å². The van der Waals surface area contributed by atoms with Crippen LogP contribution < -0.4 is 4.90 Å². The molecule has 2 aromatic rings. The Kier molecular flexibility index (Phi) is 4.21. The summed E-state index contributed by atoms with van der Waals surface area (Å²) in [5, 5.41) is 3.59. The van der Waals surface area contributed by atoms with Gasteiger partial charge in [0.1, 0.15) is 5.54 Å². The Bertz CT molecular complexity index is 941.